The molecule has 2 aliphatic rings. The average molecular weight is 279 g/mol. The molecular formula is C14H17NO5. The molecule has 20 heavy (non-hydrogen) atoms. The van der Waals surface area contributed by atoms with Gasteiger partial charge in [0, 0.05) is 24.2 Å². The van der Waals surface area contributed by atoms with Crippen LogP contribution in [0.2, 0.25) is 0 Å². The van der Waals surface area contributed by atoms with E-state index >= 15 is 0 Å². The van der Waals surface area contributed by atoms with Gasteiger partial charge in [0.05, 0.1) is 13.0 Å². The summed E-state index contributed by atoms with van der Waals surface area (Å²) in [6.45, 7) is 1.52. The average Bonchev–Trinajstić information content (AvgIpc) is 2.95. The van der Waals surface area contributed by atoms with Gasteiger partial charge in [-0.05, 0) is 12.5 Å². The first-order valence-corrected chi connectivity index (χ1v) is 6.62. The van der Waals surface area contributed by atoms with Gasteiger partial charge in [-0.3, -0.25) is 4.79 Å². The highest BCUT2D eigenvalue weighted by molar-refractivity contribution is 5.71. The van der Waals surface area contributed by atoms with E-state index in [1.807, 2.05) is 6.07 Å². The number of carbonyl (C=O) groups is 1. The minimum Gasteiger partial charge on any atom is -0.496 e. The van der Waals surface area contributed by atoms with Crippen LogP contribution < -0.4 is 19.5 Å². The van der Waals surface area contributed by atoms with Crippen LogP contribution in [0.5, 0.6) is 17.2 Å². The van der Waals surface area contributed by atoms with Gasteiger partial charge in [-0.15, -0.1) is 0 Å². The van der Waals surface area contributed by atoms with Gasteiger partial charge in [0.2, 0.25) is 0 Å². The van der Waals surface area contributed by atoms with Crippen LogP contribution in [0.4, 0.5) is 0 Å². The SMILES string of the molecule is COc1cc2c(cc1C1CC(C(=O)O)CN1)OCCO2. The number of ether oxygens (including phenoxy) is 3. The molecule has 3 rings (SSSR count). The van der Waals surface area contributed by atoms with Gasteiger partial charge in [-0.25, -0.2) is 0 Å². The molecule has 2 unspecified atom stereocenters. The third kappa shape index (κ3) is 2.27. The van der Waals surface area contributed by atoms with Crippen LogP contribution in [0.25, 0.3) is 0 Å². The Morgan fingerprint density at radius 1 is 1.35 bits per heavy atom. The predicted octanol–water partition coefficient (Wildman–Crippen LogP) is 1.20. The number of fused-ring (bicyclic) bond motifs is 1. The summed E-state index contributed by atoms with van der Waals surface area (Å²) in [7, 11) is 1.60. The smallest absolute Gasteiger partial charge is 0.307 e. The maximum atomic E-state index is 11.0. The Bertz CT molecular complexity index is 531. The van der Waals surface area contributed by atoms with Crippen LogP contribution in [0.1, 0.15) is 18.0 Å². The largest absolute Gasteiger partial charge is 0.496 e. The molecule has 2 aliphatic heterocycles. The van der Waals surface area contributed by atoms with Crippen LogP contribution in [0.15, 0.2) is 12.1 Å². The number of carboxylic acid groups (broad SMARTS) is 1. The van der Waals surface area contributed by atoms with Crippen molar-refractivity contribution in [1.82, 2.24) is 5.32 Å². The van der Waals surface area contributed by atoms with Crippen molar-refractivity contribution in [3.63, 3.8) is 0 Å². The normalized spacial score (nSPS) is 24.4. The van der Waals surface area contributed by atoms with Crippen LogP contribution in [-0.2, 0) is 4.79 Å². The van der Waals surface area contributed by atoms with Crippen LogP contribution >= 0.6 is 0 Å². The topological polar surface area (TPSA) is 77.0 Å². The predicted molar refractivity (Wildman–Crippen MR) is 70.5 cm³/mol. The zero-order chi connectivity index (χ0) is 14.1. The second-order valence-electron chi connectivity index (χ2n) is 4.97. The van der Waals surface area contributed by atoms with Gasteiger partial charge in [0.1, 0.15) is 19.0 Å². The van der Waals surface area contributed by atoms with E-state index in [1.54, 1.807) is 13.2 Å². The Labute approximate surface area is 116 Å². The van der Waals surface area contributed by atoms with E-state index in [1.165, 1.54) is 0 Å². The summed E-state index contributed by atoms with van der Waals surface area (Å²) in [6.07, 6.45) is 0.547. The van der Waals surface area contributed by atoms with Crippen molar-refractivity contribution in [2.75, 3.05) is 26.9 Å². The van der Waals surface area contributed by atoms with Gasteiger partial charge in [0.25, 0.3) is 0 Å². The number of methoxy groups -OCH3 is 1. The van der Waals surface area contributed by atoms with Crippen molar-refractivity contribution in [1.29, 1.82) is 0 Å². The number of benzene rings is 1. The first-order valence-electron chi connectivity index (χ1n) is 6.62. The lowest BCUT2D eigenvalue weighted by Gasteiger charge is -2.22. The minimum atomic E-state index is -0.767. The highest BCUT2D eigenvalue weighted by atomic mass is 16.6. The standard InChI is InChI=1S/C14H17NO5/c1-18-11-6-13-12(19-2-3-20-13)5-9(11)10-4-8(7-15-10)14(16)17/h5-6,8,10,15H,2-4,7H2,1H3,(H,16,17). The van der Waals surface area contributed by atoms with Gasteiger partial charge in [-0.2, -0.15) is 0 Å². The van der Waals surface area contributed by atoms with Crippen molar-refractivity contribution in [2.45, 2.75) is 12.5 Å². The highest BCUT2D eigenvalue weighted by Crippen LogP contribution is 2.41. The quantitative estimate of drug-likeness (QED) is 0.866. The Balaban J connectivity index is 1.90. The second-order valence-corrected chi connectivity index (χ2v) is 4.97. The monoisotopic (exact) mass is 279 g/mol. The summed E-state index contributed by atoms with van der Waals surface area (Å²) in [5, 5.41) is 12.3. The molecule has 108 valence electrons. The number of nitrogens with one attached hydrogen (secondary N) is 1. The van der Waals surface area contributed by atoms with Crippen molar-refractivity contribution in [2.24, 2.45) is 5.92 Å². The zero-order valence-corrected chi connectivity index (χ0v) is 11.2. The van der Waals surface area contributed by atoms with Gasteiger partial charge in [-0.1, -0.05) is 0 Å². The fraction of sp³-hybridized carbons (Fsp3) is 0.500. The summed E-state index contributed by atoms with van der Waals surface area (Å²) in [5.41, 5.74) is 0.917. The molecule has 1 fully saturated rings. The van der Waals surface area contributed by atoms with Crippen molar-refractivity contribution >= 4 is 5.97 Å². The van der Waals surface area contributed by atoms with Gasteiger partial charge in [0.15, 0.2) is 11.5 Å². The molecule has 0 radical (unpaired) electrons. The molecule has 6 nitrogen and oxygen atoms in total. The highest BCUT2D eigenvalue weighted by Gasteiger charge is 2.32. The van der Waals surface area contributed by atoms with Gasteiger partial charge >= 0.3 is 5.97 Å². The zero-order valence-electron chi connectivity index (χ0n) is 11.2. The molecule has 2 heterocycles. The van der Waals surface area contributed by atoms with Crippen molar-refractivity contribution < 1.29 is 24.1 Å². The maximum Gasteiger partial charge on any atom is 0.307 e. The molecule has 1 aromatic carbocycles. The third-order valence-corrected chi connectivity index (χ3v) is 3.75. The number of hydrogen-bond acceptors (Lipinski definition) is 5. The third-order valence-electron chi connectivity index (χ3n) is 3.75. The molecule has 1 aromatic rings. The Hall–Kier alpha value is -1.95. The molecule has 0 saturated carbocycles. The van der Waals surface area contributed by atoms with Crippen molar-refractivity contribution in [3.05, 3.63) is 17.7 Å². The molecule has 0 spiro atoms. The molecule has 2 N–H and O–H groups in total. The number of carboxylic acids is 1. The minimum absolute atomic E-state index is 0.0399. The first kappa shape index (κ1) is 13.1. The summed E-state index contributed by atoms with van der Waals surface area (Å²) >= 11 is 0. The van der Waals surface area contributed by atoms with E-state index in [4.69, 9.17) is 19.3 Å². The lowest BCUT2D eigenvalue weighted by Crippen LogP contribution is -2.18. The van der Waals surface area contributed by atoms with E-state index < -0.39 is 5.97 Å². The molecule has 2 atom stereocenters. The molecule has 0 aromatic heterocycles. The molecule has 0 bridgehead atoms. The fourth-order valence-corrected chi connectivity index (χ4v) is 2.70. The number of hydrogen-bond donors (Lipinski definition) is 2. The second kappa shape index (κ2) is 5.20. The summed E-state index contributed by atoms with van der Waals surface area (Å²) in [5.74, 6) is 0.921. The van der Waals surface area contributed by atoms with Crippen LogP contribution in [0.3, 0.4) is 0 Å². The maximum absolute atomic E-state index is 11.0. The summed E-state index contributed by atoms with van der Waals surface area (Å²) in [4.78, 5) is 11.0. The van der Waals surface area contributed by atoms with E-state index in [2.05, 4.69) is 5.32 Å². The number of aliphatic carboxylic acids is 1. The first-order chi connectivity index (χ1) is 9.69. The Morgan fingerprint density at radius 3 is 2.65 bits per heavy atom. The Morgan fingerprint density at radius 2 is 2.05 bits per heavy atom. The molecular weight excluding hydrogens is 262 g/mol. The van der Waals surface area contributed by atoms with E-state index in [0.717, 1.165) is 5.56 Å². The van der Waals surface area contributed by atoms with Gasteiger partial charge < -0.3 is 24.6 Å². The van der Waals surface area contributed by atoms with E-state index in [9.17, 15) is 4.79 Å². The van der Waals surface area contributed by atoms with E-state index in [-0.39, 0.29) is 12.0 Å². The molecule has 1 saturated heterocycles. The van der Waals surface area contributed by atoms with Crippen LogP contribution in [-0.4, -0.2) is 37.9 Å². The lowest BCUT2D eigenvalue weighted by molar-refractivity contribution is -0.141. The number of rotatable bonds is 3. The van der Waals surface area contributed by atoms with Crippen molar-refractivity contribution in [3.8, 4) is 17.2 Å². The van der Waals surface area contributed by atoms with Crippen LogP contribution in [0, 0.1) is 5.92 Å². The Kier molecular flexibility index (Phi) is 3.40. The lowest BCUT2D eigenvalue weighted by atomic mass is 9.99. The fourth-order valence-electron chi connectivity index (χ4n) is 2.70. The molecule has 0 amide bonds. The molecule has 0 aliphatic carbocycles. The van der Waals surface area contributed by atoms with E-state index in [0.29, 0.717) is 43.4 Å². The summed E-state index contributed by atoms with van der Waals surface area (Å²) < 4.78 is 16.5. The summed E-state index contributed by atoms with van der Waals surface area (Å²) in [6, 6.07) is 3.65. The molecule has 6 heteroatoms.